The molecule has 0 spiro atoms. The smallest absolute Gasteiger partial charge is 0.320 e. The van der Waals surface area contributed by atoms with Gasteiger partial charge < -0.3 is 15.2 Å². The Hall–Kier alpha value is -1.26. The fourth-order valence-corrected chi connectivity index (χ4v) is 2.08. The van der Waals surface area contributed by atoms with Crippen LogP contribution in [0.1, 0.15) is 25.8 Å². The van der Waals surface area contributed by atoms with Gasteiger partial charge in [0.15, 0.2) is 0 Å². The van der Waals surface area contributed by atoms with Crippen molar-refractivity contribution in [1.29, 1.82) is 0 Å². The van der Waals surface area contributed by atoms with E-state index in [9.17, 15) is 4.79 Å². The van der Waals surface area contributed by atoms with Crippen molar-refractivity contribution in [2.75, 3.05) is 7.11 Å². The van der Waals surface area contributed by atoms with E-state index in [0.29, 0.717) is 29.7 Å². The highest BCUT2D eigenvalue weighted by atomic mass is 35.5. The van der Waals surface area contributed by atoms with E-state index in [4.69, 9.17) is 21.4 Å². The summed E-state index contributed by atoms with van der Waals surface area (Å²) in [7, 11) is 1.56. The number of hydrogen-bond acceptors (Lipinski definition) is 3. The zero-order valence-corrected chi connectivity index (χ0v) is 12.2. The monoisotopic (exact) mass is 285 g/mol. The van der Waals surface area contributed by atoms with E-state index in [2.05, 4.69) is 5.32 Å². The van der Waals surface area contributed by atoms with Crippen molar-refractivity contribution in [1.82, 2.24) is 5.32 Å². The number of methoxy groups -OCH3 is 1. The zero-order chi connectivity index (χ0) is 14.4. The van der Waals surface area contributed by atoms with Crippen LogP contribution in [-0.2, 0) is 11.3 Å². The highest BCUT2D eigenvalue weighted by molar-refractivity contribution is 6.32. The topological polar surface area (TPSA) is 58.6 Å². The van der Waals surface area contributed by atoms with Crippen molar-refractivity contribution in [2.45, 2.75) is 32.9 Å². The molecular formula is C14H20ClNO3. The van der Waals surface area contributed by atoms with E-state index in [0.717, 1.165) is 5.56 Å². The number of benzene rings is 1. The van der Waals surface area contributed by atoms with Crippen LogP contribution in [-0.4, -0.2) is 24.2 Å². The first-order chi connectivity index (χ1) is 8.93. The molecule has 1 atom stereocenters. The Kier molecular flexibility index (Phi) is 6.12. The van der Waals surface area contributed by atoms with Crippen LogP contribution in [0.15, 0.2) is 18.2 Å². The fraction of sp³-hybridized carbons (Fsp3) is 0.500. The maximum Gasteiger partial charge on any atom is 0.320 e. The number of carbonyl (C=O) groups is 1. The summed E-state index contributed by atoms with van der Waals surface area (Å²) < 4.78 is 5.07. The SMILES string of the molecule is COc1ccc(CN[C@H](CC(C)C)C(=O)O)cc1Cl. The van der Waals surface area contributed by atoms with Crippen molar-refractivity contribution in [3.8, 4) is 5.75 Å². The highest BCUT2D eigenvalue weighted by Crippen LogP contribution is 2.24. The van der Waals surface area contributed by atoms with Crippen molar-refractivity contribution in [3.63, 3.8) is 0 Å². The molecule has 0 amide bonds. The van der Waals surface area contributed by atoms with Crippen molar-refractivity contribution < 1.29 is 14.6 Å². The Balaban J connectivity index is 2.64. The third-order valence-corrected chi connectivity index (χ3v) is 3.07. The number of hydrogen-bond donors (Lipinski definition) is 2. The minimum Gasteiger partial charge on any atom is -0.495 e. The highest BCUT2D eigenvalue weighted by Gasteiger charge is 2.18. The molecule has 2 N–H and O–H groups in total. The van der Waals surface area contributed by atoms with E-state index in [1.165, 1.54) is 0 Å². The lowest BCUT2D eigenvalue weighted by molar-refractivity contribution is -0.140. The van der Waals surface area contributed by atoms with Gasteiger partial charge in [0.25, 0.3) is 0 Å². The summed E-state index contributed by atoms with van der Waals surface area (Å²) in [5.41, 5.74) is 0.931. The van der Waals surface area contributed by atoms with E-state index >= 15 is 0 Å². The molecule has 0 aliphatic carbocycles. The average Bonchev–Trinajstić information content (AvgIpc) is 2.34. The number of ether oxygens (including phenoxy) is 1. The third kappa shape index (κ3) is 5.09. The molecule has 4 nitrogen and oxygen atoms in total. The van der Waals surface area contributed by atoms with Gasteiger partial charge in [0.1, 0.15) is 11.8 Å². The molecule has 1 aromatic carbocycles. The van der Waals surface area contributed by atoms with Crippen LogP contribution in [0.3, 0.4) is 0 Å². The van der Waals surface area contributed by atoms with Gasteiger partial charge in [-0.25, -0.2) is 0 Å². The van der Waals surface area contributed by atoms with Crippen LogP contribution >= 0.6 is 11.6 Å². The maximum absolute atomic E-state index is 11.1. The van der Waals surface area contributed by atoms with Gasteiger partial charge in [-0.3, -0.25) is 4.79 Å². The van der Waals surface area contributed by atoms with Crippen LogP contribution in [0.4, 0.5) is 0 Å². The normalized spacial score (nSPS) is 12.5. The van der Waals surface area contributed by atoms with Gasteiger partial charge in [-0.15, -0.1) is 0 Å². The fourth-order valence-electron chi connectivity index (χ4n) is 1.80. The molecule has 0 aliphatic rings. The van der Waals surface area contributed by atoms with Crippen LogP contribution in [0.2, 0.25) is 5.02 Å². The number of aliphatic carboxylic acids is 1. The Morgan fingerprint density at radius 2 is 2.16 bits per heavy atom. The number of rotatable bonds is 7. The average molecular weight is 286 g/mol. The minimum atomic E-state index is -0.826. The lowest BCUT2D eigenvalue weighted by Crippen LogP contribution is -2.37. The summed E-state index contributed by atoms with van der Waals surface area (Å²) in [6.07, 6.45) is 0.596. The lowest BCUT2D eigenvalue weighted by atomic mass is 10.0. The molecule has 0 radical (unpaired) electrons. The second kappa shape index (κ2) is 7.36. The predicted molar refractivity (Wildman–Crippen MR) is 75.7 cm³/mol. The Bertz CT molecular complexity index is 435. The Morgan fingerprint density at radius 3 is 2.63 bits per heavy atom. The van der Waals surface area contributed by atoms with Crippen LogP contribution in [0, 0.1) is 5.92 Å². The van der Waals surface area contributed by atoms with Gasteiger partial charge >= 0.3 is 5.97 Å². The standard InChI is InChI=1S/C14H20ClNO3/c1-9(2)6-12(14(17)18)16-8-10-4-5-13(19-3)11(15)7-10/h4-5,7,9,12,16H,6,8H2,1-3H3,(H,17,18)/t12-/m1/s1. The van der Waals surface area contributed by atoms with Gasteiger partial charge in [-0.1, -0.05) is 31.5 Å². The first kappa shape index (κ1) is 15.8. The molecular weight excluding hydrogens is 266 g/mol. The van der Waals surface area contributed by atoms with E-state index in [1.807, 2.05) is 19.9 Å². The molecule has 1 rings (SSSR count). The third-order valence-electron chi connectivity index (χ3n) is 2.77. The molecule has 106 valence electrons. The van der Waals surface area contributed by atoms with Crippen molar-refractivity contribution in [3.05, 3.63) is 28.8 Å². The summed E-state index contributed by atoms with van der Waals surface area (Å²) in [6.45, 7) is 4.47. The van der Waals surface area contributed by atoms with Crippen LogP contribution < -0.4 is 10.1 Å². The first-order valence-electron chi connectivity index (χ1n) is 6.22. The molecule has 0 aliphatic heterocycles. The van der Waals surface area contributed by atoms with Crippen LogP contribution in [0.5, 0.6) is 5.75 Å². The molecule has 0 saturated carbocycles. The number of carboxylic acids is 1. The van der Waals surface area contributed by atoms with E-state index in [-0.39, 0.29) is 0 Å². The molecule has 19 heavy (non-hydrogen) atoms. The quantitative estimate of drug-likeness (QED) is 0.809. The minimum absolute atomic E-state index is 0.327. The largest absolute Gasteiger partial charge is 0.495 e. The summed E-state index contributed by atoms with van der Waals surface area (Å²) >= 11 is 6.02. The zero-order valence-electron chi connectivity index (χ0n) is 11.4. The van der Waals surface area contributed by atoms with Gasteiger partial charge in [-0.05, 0) is 30.0 Å². The number of halogens is 1. The summed E-state index contributed by atoms with van der Waals surface area (Å²) in [6, 6.07) is 4.88. The first-order valence-corrected chi connectivity index (χ1v) is 6.60. The summed E-state index contributed by atoms with van der Waals surface area (Å²) in [4.78, 5) is 11.1. The van der Waals surface area contributed by atoms with Gasteiger partial charge in [-0.2, -0.15) is 0 Å². The Morgan fingerprint density at radius 1 is 1.47 bits per heavy atom. The Labute approximate surface area is 118 Å². The molecule has 0 saturated heterocycles. The number of nitrogens with one attached hydrogen (secondary N) is 1. The van der Waals surface area contributed by atoms with Crippen molar-refractivity contribution in [2.24, 2.45) is 5.92 Å². The lowest BCUT2D eigenvalue weighted by Gasteiger charge is -2.16. The predicted octanol–water partition coefficient (Wildman–Crippen LogP) is 2.94. The van der Waals surface area contributed by atoms with Crippen LogP contribution in [0.25, 0.3) is 0 Å². The van der Waals surface area contributed by atoms with Gasteiger partial charge in [0.2, 0.25) is 0 Å². The number of carboxylic acid groups (broad SMARTS) is 1. The maximum atomic E-state index is 11.1. The molecule has 1 aromatic rings. The molecule has 0 heterocycles. The second-order valence-corrected chi connectivity index (χ2v) is 5.28. The molecule has 0 unspecified atom stereocenters. The molecule has 5 heteroatoms. The van der Waals surface area contributed by atoms with Gasteiger partial charge in [0.05, 0.1) is 12.1 Å². The molecule has 0 bridgehead atoms. The summed E-state index contributed by atoms with van der Waals surface area (Å²) in [5.74, 6) is 0.115. The van der Waals surface area contributed by atoms with E-state index < -0.39 is 12.0 Å². The van der Waals surface area contributed by atoms with Crippen molar-refractivity contribution >= 4 is 17.6 Å². The molecule has 0 aromatic heterocycles. The summed E-state index contributed by atoms with van der Waals surface area (Å²) in [5, 5.41) is 12.7. The molecule has 0 fully saturated rings. The second-order valence-electron chi connectivity index (χ2n) is 4.87. The van der Waals surface area contributed by atoms with E-state index in [1.54, 1.807) is 19.2 Å². The van der Waals surface area contributed by atoms with Gasteiger partial charge in [0, 0.05) is 6.54 Å².